The average molecular weight is 534 g/mol. The van der Waals surface area contributed by atoms with Crippen molar-refractivity contribution < 1.29 is 23.5 Å². The molecule has 1 spiro atoms. The fraction of sp³-hybridized carbons (Fsp3) is 0.615. The number of hydrogen-bond donors (Lipinski definition) is 0. The lowest BCUT2D eigenvalue weighted by Crippen LogP contribution is -2.47. The first kappa shape index (κ1) is 25.8. The molecule has 1 saturated heterocycles. The smallest absolute Gasteiger partial charge is 0.410 e. The van der Waals surface area contributed by atoms with E-state index in [9.17, 15) is 9.59 Å². The van der Waals surface area contributed by atoms with E-state index >= 15 is 4.39 Å². The van der Waals surface area contributed by atoms with Gasteiger partial charge in [0.25, 0.3) is 0 Å². The molecule has 2 aliphatic heterocycles. The number of nitrogens with zero attached hydrogens (tertiary/aromatic N) is 5. The van der Waals surface area contributed by atoms with E-state index in [-0.39, 0.29) is 35.2 Å². The summed E-state index contributed by atoms with van der Waals surface area (Å²) >= 11 is 6.53. The van der Waals surface area contributed by atoms with Crippen molar-refractivity contribution in [3.63, 3.8) is 0 Å². The van der Waals surface area contributed by atoms with Gasteiger partial charge in [-0.05, 0) is 64.0 Å². The zero-order valence-corrected chi connectivity index (χ0v) is 22.7. The van der Waals surface area contributed by atoms with Gasteiger partial charge in [0.2, 0.25) is 5.91 Å². The Morgan fingerprint density at radius 1 is 1.32 bits per heavy atom. The van der Waals surface area contributed by atoms with Gasteiger partial charge >= 0.3 is 6.09 Å². The van der Waals surface area contributed by atoms with Gasteiger partial charge in [-0.1, -0.05) is 16.8 Å². The predicted molar refractivity (Wildman–Crippen MR) is 134 cm³/mol. The van der Waals surface area contributed by atoms with Crippen LogP contribution in [0.5, 0.6) is 5.75 Å². The summed E-state index contributed by atoms with van der Waals surface area (Å²) in [7, 11) is 1.77. The minimum absolute atomic E-state index is 0.00439. The summed E-state index contributed by atoms with van der Waals surface area (Å²) in [6, 6.07) is 0.572. The van der Waals surface area contributed by atoms with Crippen molar-refractivity contribution >= 4 is 23.6 Å². The summed E-state index contributed by atoms with van der Waals surface area (Å²) < 4.78 is 28.8. The maximum atomic E-state index is 15.5. The number of carbonyl (C=O) groups is 2. The highest BCUT2D eigenvalue weighted by atomic mass is 35.5. The molecule has 0 bridgehead atoms. The van der Waals surface area contributed by atoms with Crippen molar-refractivity contribution in [3.05, 3.63) is 39.4 Å². The lowest BCUT2D eigenvalue weighted by Gasteiger charge is -2.40. The van der Waals surface area contributed by atoms with Crippen molar-refractivity contribution in [2.45, 2.75) is 71.6 Å². The molecule has 3 aliphatic rings. The van der Waals surface area contributed by atoms with E-state index in [2.05, 4.69) is 10.3 Å². The Morgan fingerprint density at radius 2 is 2.05 bits per heavy atom. The summed E-state index contributed by atoms with van der Waals surface area (Å²) in [5.41, 5.74) is 1.90. The Kier molecular flexibility index (Phi) is 6.37. The number of fused-ring (bicyclic) bond motifs is 1. The first-order chi connectivity index (χ1) is 17.4. The van der Waals surface area contributed by atoms with Crippen LogP contribution in [0, 0.1) is 18.2 Å². The van der Waals surface area contributed by atoms with Crippen molar-refractivity contribution in [2.24, 2.45) is 12.5 Å². The molecule has 5 rings (SSSR count). The summed E-state index contributed by atoms with van der Waals surface area (Å²) in [5.74, 6) is -0.572. The Hall–Kier alpha value is -2.88. The molecule has 1 atom stereocenters. The van der Waals surface area contributed by atoms with Crippen LogP contribution >= 0.6 is 11.6 Å². The minimum atomic E-state index is -0.716. The molecule has 1 saturated carbocycles. The van der Waals surface area contributed by atoms with Crippen molar-refractivity contribution in [1.82, 2.24) is 24.8 Å². The van der Waals surface area contributed by atoms with Crippen LogP contribution in [0.25, 0.3) is 0 Å². The molecule has 1 aliphatic carbocycles. The molecule has 0 N–H and O–H groups in total. The normalized spacial score (nSPS) is 20.4. The summed E-state index contributed by atoms with van der Waals surface area (Å²) in [6.45, 7) is 8.42. The lowest BCUT2D eigenvalue weighted by atomic mass is 9.91. The Labute approximate surface area is 220 Å². The van der Waals surface area contributed by atoms with Gasteiger partial charge in [0, 0.05) is 43.7 Å². The van der Waals surface area contributed by atoms with E-state index in [1.807, 2.05) is 6.92 Å². The van der Waals surface area contributed by atoms with Crippen LogP contribution in [0.3, 0.4) is 0 Å². The first-order valence-corrected chi connectivity index (χ1v) is 13.0. The van der Waals surface area contributed by atoms with Crippen LogP contribution < -0.4 is 4.74 Å². The molecule has 37 heavy (non-hydrogen) atoms. The van der Waals surface area contributed by atoms with E-state index in [1.54, 1.807) is 42.3 Å². The summed E-state index contributed by atoms with van der Waals surface area (Å²) in [6.07, 6.45) is 2.45. The van der Waals surface area contributed by atoms with Crippen LogP contribution in [0.4, 0.5) is 9.18 Å². The standard InChI is InChI=1S/C26H33ClFN5O4/c1-15-19(29-30-31(15)5)13-36-23-18(28)10-17(27)16-6-9-33(24(35)37-25(2,3)4)20(22(16)23)12-32-14-26(7-8-26)11-21(32)34/h10,20H,6-9,11-14H2,1-5H3. The van der Waals surface area contributed by atoms with Crippen molar-refractivity contribution in [2.75, 3.05) is 19.6 Å². The van der Waals surface area contributed by atoms with Crippen LogP contribution in [0.1, 0.15) is 68.6 Å². The number of amides is 2. The van der Waals surface area contributed by atoms with E-state index in [0.29, 0.717) is 42.8 Å². The van der Waals surface area contributed by atoms with Gasteiger partial charge in [0.15, 0.2) is 11.6 Å². The van der Waals surface area contributed by atoms with Gasteiger partial charge in [-0.15, -0.1) is 5.10 Å². The molecule has 2 fully saturated rings. The fourth-order valence-electron chi connectivity index (χ4n) is 5.27. The molecule has 1 aromatic heterocycles. The highest BCUT2D eigenvalue weighted by Gasteiger charge is 2.52. The third-order valence-electron chi connectivity index (χ3n) is 7.58. The highest BCUT2D eigenvalue weighted by Crippen LogP contribution is 2.54. The molecule has 11 heteroatoms. The molecule has 2 aromatic rings. The quantitative estimate of drug-likeness (QED) is 0.568. The van der Waals surface area contributed by atoms with Gasteiger partial charge in [-0.25, -0.2) is 9.18 Å². The fourth-order valence-corrected chi connectivity index (χ4v) is 5.57. The highest BCUT2D eigenvalue weighted by molar-refractivity contribution is 6.31. The van der Waals surface area contributed by atoms with Gasteiger partial charge in [-0.3, -0.25) is 14.4 Å². The first-order valence-electron chi connectivity index (χ1n) is 12.6. The molecule has 0 radical (unpaired) electrons. The number of likely N-dealkylation sites (tertiary alicyclic amines) is 1. The van der Waals surface area contributed by atoms with Gasteiger partial charge < -0.3 is 14.4 Å². The van der Waals surface area contributed by atoms with Crippen LogP contribution in [-0.2, 0) is 29.6 Å². The predicted octanol–water partition coefficient (Wildman–Crippen LogP) is 4.34. The third kappa shape index (κ3) is 5.00. The van der Waals surface area contributed by atoms with Crippen molar-refractivity contribution in [1.29, 1.82) is 0 Å². The number of benzene rings is 1. The second kappa shape index (κ2) is 9.15. The summed E-state index contributed by atoms with van der Waals surface area (Å²) in [5, 5.41) is 8.38. The maximum Gasteiger partial charge on any atom is 0.410 e. The number of rotatable bonds is 5. The third-order valence-corrected chi connectivity index (χ3v) is 7.92. The van der Waals surface area contributed by atoms with E-state index in [1.165, 1.54) is 6.07 Å². The van der Waals surface area contributed by atoms with Crippen LogP contribution in [-0.4, -0.2) is 62.0 Å². The number of carbonyl (C=O) groups excluding carboxylic acids is 2. The van der Waals surface area contributed by atoms with Gasteiger partial charge in [0.1, 0.15) is 17.9 Å². The molecule has 200 valence electrons. The van der Waals surface area contributed by atoms with E-state index < -0.39 is 23.6 Å². The molecule has 9 nitrogen and oxygen atoms in total. The summed E-state index contributed by atoms with van der Waals surface area (Å²) in [4.78, 5) is 29.7. The number of halogens is 2. The van der Waals surface area contributed by atoms with Crippen LogP contribution in [0.2, 0.25) is 5.02 Å². The second-order valence-electron chi connectivity index (χ2n) is 11.5. The molecular weight excluding hydrogens is 501 g/mol. The van der Waals surface area contributed by atoms with Crippen molar-refractivity contribution in [3.8, 4) is 5.75 Å². The molecule has 3 heterocycles. The largest absolute Gasteiger partial charge is 0.484 e. The monoisotopic (exact) mass is 533 g/mol. The molecule has 1 unspecified atom stereocenters. The van der Waals surface area contributed by atoms with Crippen LogP contribution in [0.15, 0.2) is 6.07 Å². The minimum Gasteiger partial charge on any atom is -0.484 e. The van der Waals surface area contributed by atoms with E-state index in [4.69, 9.17) is 21.1 Å². The number of ether oxygens (including phenoxy) is 2. The zero-order valence-electron chi connectivity index (χ0n) is 21.9. The zero-order chi connectivity index (χ0) is 26.7. The van der Waals surface area contributed by atoms with Gasteiger partial charge in [-0.2, -0.15) is 0 Å². The van der Waals surface area contributed by atoms with Gasteiger partial charge in [0.05, 0.1) is 11.7 Å². The number of hydrogen-bond acceptors (Lipinski definition) is 6. The molecule has 1 aromatic carbocycles. The Bertz CT molecular complexity index is 1250. The molecular formula is C26H33ClFN5O4. The number of aryl methyl sites for hydroxylation is 1. The van der Waals surface area contributed by atoms with E-state index in [0.717, 1.165) is 18.5 Å². The topological polar surface area (TPSA) is 89.8 Å². The average Bonchev–Trinajstić information content (AvgIpc) is 3.38. The molecule has 2 amide bonds. The number of aromatic nitrogens is 3. The maximum absolute atomic E-state index is 15.5. The lowest BCUT2D eigenvalue weighted by molar-refractivity contribution is -0.128. The SMILES string of the molecule is Cc1c(COc2c(F)cc(Cl)c3c2C(CN2CC4(CC4)CC2=O)N(C(=O)OC(C)(C)C)CC3)nnn1C. The Balaban J connectivity index is 1.54. The Morgan fingerprint density at radius 3 is 2.65 bits per heavy atom. The second-order valence-corrected chi connectivity index (χ2v) is 11.9.